The summed E-state index contributed by atoms with van der Waals surface area (Å²) >= 11 is 0. The van der Waals surface area contributed by atoms with Crippen molar-refractivity contribution in [2.24, 2.45) is 0 Å². The fraction of sp³-hybridized carbons (Fsp3) is 0.0312. The number of benzene rings is 12. The van der Waals surface area contributed by atoms with Crippen molar-refractivity contribution in [3.8, 4) is 22.3 Å². The first kappa shape index (κ1) is 39.9. The number of halogens is 1. The molecule has 0 fully saturated rings. The summed E-state index contributed by atoms with van der Waals surface area (Å²) in [6, 6.07) is 78.7. The predicted molar refractivity (Wildman–Crippen MR) is 287 cm³/mol. The van der Waals surface area contributed by atoms with Crippen molar-refractivity contribution in [2.45, 2.75) is 13.8 Å². The van der Waals surface area contributed by atoms with Gasteiger partial charge in [0.25, 0.3) is 0 Å². The van der Waals surface area contributed by atoms with E-state index in [2.05, 4.69) is 170 Å². The lowest BCUT2D eigenvalue weighted by molar-refractivity contribution is 0.629. The average molecular weight is 872 g/mol. The van der Waals surface area contributed by atoms with Crippen LogP contribution in [0, 0.1) is 19.7 Å². The number of fused-ring (bicyclic) bond motifs is 4. The third-order valence-corrected chi connectivity index (χ3v) is 14.3. The molecule has 0 atom stereocenters. The van der Waals surface area contributed by atoms with Gasteiger partial charge in [-0.25, -0.2) is 4.39 Å². The van der Waals surface area contributed by atoms with Crippen LogP contribution in [0.25, 0.3) is 87.3 Å². The van der Waals surface area contributed by atoms with Gasteiger partial charge in [-0.15, -0.1) is 0 Å². The number of furan rings is 1. The lowest BCUT2D eigenvalue weighted by atomic mass is 9.34. The van der Waals surface area contributed by atoms with Crippen LogP contribution in [-0.4, -0.2) is 6.71 Å². The van der Waals surface area contributed by atoms with E-state index in [1.807, 2.05) is 66.7 Å². The van der Waals surface area contributed by atoms with E-state index in [1.54, 1.807) is 6.07 Å². The van der Waals surface area contributed by atoms with E-state index < -0.39 is 0 Å². The summed E-state index contributed by atoms with van der Waals surface area (Å²) < 4.78 is 24.9. The molecule has 0 unspecified atom stereocenters. The number of aryl methyl sites for hydroxylation is 2. The Kier molecular flexibility index (Phi) is 9.30. The van der Waals surface area contributed by atoms with Crippen LogP contribution in [0.3, 0.4) is 0 Å². The zero-order valence-corrected chi connectivity index (χ0v) is 37.7. The van der Waals surface area contributed by atoms with Gasteiger partial charge in [-0.3, -0.25) is 0 Å². The summed E-state index contributed by atoms with van der Waals surface area (Å²) in [7, 11) is 0. The molecule has 13 rings (SSSR count). The van der Waals surface area contributed by atoms with Crippen molar-refractivity contribution in [3.63, 3.8) is 0 Å². The maximum Gasteiger partial charge on any atom is 0.243 e. The molecular formula is C64H43BFNO. The Morgan fingerprint density at radius 1 is 0.412 bits per heavy atom. The van der Waals surface area contributed by atoms with Crippen molar-refractivity contribution < 1.29 is 8.81 Å². The van der Waals surface area contributed by atoms with Crippen LogP contribution < -0.4 is 21.3 Å². The van der Waals surface area contributed by atoms with Gasteiger partial charge in [0.1, 0.15) is 11.4 Å². The zero-order valence-electron chi connectivity index (χ0n) is 37.7. The van der Waals surface area contributed by atoms with E-state index in [9.17, 15) is 0 Å². The van der Waals surface area contributed by atoms with Gasteiger partial charge in [0, 0.05) is 21.7 Å². The summed E-state index contributed by atoms with van der Waals surface area (Å²) in [5.41, 5.74) is 13.4. The minimum Gasteiger partial charge on any atom is -0.454 e. The molecule has 68 heavy (non-hydrogen) atoms. The molecule has 0 aliphatic heterocycles. The zero-order chi connectivity index (χ0) is 45.5. The molecule has 0 N–H and O–H groups in total. The fourth-order valence-corrected chi connectivity index (χ4v) is 11.3. The largest absolute Gasteiger partial charge is 0.454 e. The number of anilines is 3. The molecule has 320 valence electrons. The highest BCUT2D eigenvalue weighted by Crippen LogP contribution is 2.50. The van der Waals surface area contributed by atoms with Crippen molar-refractivity contribution in [3.05, 3.63) is 241 Å². The van der Waals surface area contributed by atoms with E-state index in [-0.39, 0.29) is 12.5 Å². The van der Waals surface area contributed by atoms with Gasteiger partial charge in [-0.2, -0.15) is 0 Å². The Labute approximate surface area is 394 Å². The van der Waals surface area contributed by atoms with Crippen LogP contribution in [0.5, 0.6) is 0 Å². The Balaban J connectivity index is 1.13. The Morgan fingerprint density at radius 3 is 1.79 bits per heavy atom. The van der Waals surface area contributed by atoms with Gasteiger partial charge in [0.15, 0.2) is 5.58 Å². The maximum atomic E-state index is 18.1. The van der Waals surface area contributed by atoms with Crippen LogP contribution in [0.4, 0.5) is 21.5 Å². The van der Waals surface area contributed by atoms with E-state index in [1.165, 1.54) is 49.1 Å². The molecule has 12 aromatic carbocycles. The standard InChI is InChI=1S/C64H43BFNO/c1-40-16-13-17-41(2)62(40)65(54-27-14-23-43-22-9-10-24-48(43)54)55-36-32-45-31-35-52-57(37-33-46-30-34-51(55)60(45)61(46)52)67(58-28-15-26-50-49-25-11-12-29-59(49)68-64(50)58)63-53(44-20-7-4-8-21-44)38-47(39-56(63)66)42-18-5-3-6-19-42/h3-39H,1-2H3. The van der Waals surface area contributed by atoms with Gasteiger partial charge in [-0.05, 0) is 98.6 Å². The van der Waals surface area contributed by atoms with Crippen LogP contribution in [0.2, 0.25) is 0 Å². The minimum absolute atomic E-state index is 0.0424. The molecule has 0 saturated carbocycles. The van der Waals surface area contributed by atoms with Gasteiger partial charge < -0.3 is 9.32 Å². The van der Waals surface area contributed by atoms with Crippen LogP contribution in [0.1, 0.15) is 11.1 Å². The van der Waals surface area contributed by atoms with E-state index in [0.717, 1.165) is 71.5 Å². The van der Waals surface area contributed by atoms with E-state index in [4.69, 9.17) is 4.42 Å². The first-order valence-corrected chi connectivity index (χ1v) is 23.4. The van der Waals surface area contributed by atoms with Gasteiger partial charge >= 0.3 is 0 Å². The molecule has 0 bridgehead atoms. The molecule has 1 heterocycles. The summed E-state index contributed by atoms with van der Waals surface area (Å²) in [6.45, 7) is 4.45. The van der Waals surface area contributed by atoms with E-state index >= 15 is 4.39 Å². The Morgan fingerprint density at radius 2 is 1.00 bits per heavy atom. The highest BCUT2D eigenvalue weighted by atomic mass is 19.1. The average Bonchev–Trinajstić information content (AvgIpc) is 3.77. The molecule has 0 amide bonds. The van der Waals surface area contributed by atoms with Crippen molar-refractivity contribution in [2.75, 3.05) is 4.90 Å². The molecule has 0 spiro atoms. The smallest absolute Gasteiger partial charge is 0.243 e. The molecule has 0 aliphatic rings. The lowest BCUT2D eigenvalue weighted by Crippen LogP contribution is -2.54. The molecule has 0 aliphatic carbocycles. The molecule has 0 saturated heterocycles. The highest BCUT2D eigenvalue weighted by molar-refractivity contribution is 6.98. The number of hydrogen-bond donors (Lipinski definition) is 0. The fourth-order valence-electron chi connectivity index (χ4n) is 11.3. The Bertz CT molecular complexity index is 4060. The highest BCUT2D eigenvalue weighted by Gasteiger charge is 2.31. The monoisotopic (exact) mass is 871 g/mol. The third kappa shape index (κ3) is 6.25. The summed E-state index contributed by atoms with van der Waals surface area (Å²) in [5.74, 6) is -0.335. The Hall–Kier alpha value is -8.47. The first-order valence-electron chi connectivity index (χ1n) is 23.4. The van der Waals surface area contributed by atoms with Gasteiger partial charge in [0.05, 0.1) is 17.1 Å². The quantitative estimate of drug-likeness (QED) is 0.112. The molecule has 2 nitrogen and oxygen atoms in total. The SMILES string of the molecule is Cc1cccc(C)c1B(c1cccc2ccccc12)c1ccc2ccc3c(N(c4c(F)cc(-c5ccccc5)cc4-c4ccccc4)c4cccc5c4oc4ccccc45)ccc4ccc1c2c43. The summed E-state index contributed by atoms with van der Waals surface area (Å²) in [6.07, 6.45) is 0. The second kappa shape index (κ2) is 15.9. The maximum absolute atomic E-state index is 18.1. The van der Waals surface area contributed by atoms with Crippen LogP contribution in [-0.2, 0) is 0 Å². The first-order chi connectivity index (χ1) is 33.5. The molecular weight excluding hydrogens is 829 g/mol. The summed E-state index contributed by atoms with van der Waals surface area (Å²) in [5, 5.41) is 11.3. The second-order valence-electron chi connectivity index (χ2n) is 18.1. The van der Waals surface area contributed by atoms with Crippen LogP contribution >= 0.6 is 0 Å². The summed E-state index contributed by atoms with van der Waals surface area (Å²) in [4.78, 5) is 2.12. The molecule has 0 radical (unpaired) electrons. The van der Waals surface area contributed by atoms with Gasteiger partial charge in [-0.1, -0.05) is 222 Å². The molecule has 13 aromatic rings. The molecule has 4 heteroatoms. The van der Waals surface area contributed by atoms with Crippen molar-refractivity contribution in [1.29, 1.82) is 0 Å². The number of para-hydroxylation sites is 2. The predicted octanol–water partition coefficient (Wildman–Crippen LogP) is 15.7. The molecule has 1 aromatic heterocycles. The third-order valence-electron chi connectivity index (χ3n) is 14.3. The normalized spacial score (nSPS) is 11.8. The minimum atomic E-state index is -0.335. The van der Waals surface area contributed by atoms with Crippen molar-refractivity contribution >= 4 is 105 Å². The number of rotatable bonds is 8. The van der Waals surface area contributed by atoms with Crippen LogP contribution in [0.15, 0.2) is 229 Å². The van der Waals surface area contributed by atoms with Gasteiger partial charge in [0.2, 0.25) is 6.71 Å². The lowest BCUT2D eigenvalue weighted by Gasteiger charge is -2.30. The second-order valence-corrected chi connectivity index (χ2v) is 18.1. The number of hydrogen-bond acceptors (Lipinski definition) is 2. The van der Waals surface area contributed by atoms with Crippen molar-refractivity contribution in [1.82, 2.24) is 0 Å². The topological polar surface area (TPSA) is 16.4 Å². The van der Waals surface area contributed by atoms with E-state index in [0.29, 0.717) is 11.3 Å². The number of nitrogens with zero attached hydrogens (tertiary/aromatic N) is 1.